The predicted molar refractivity (Wildman–Crippen MR) is 124 cm³/mol. The smallest absolute Gasteiger partial charge is 0.436 e. The van der Waals surface area contributed by atoms with Crippen molar-refractivity contribution in [2.24, 2.45) is 0 Å². The van der Waals surface area contributed by atoms with E-state index in [1.807, 2.05) is 0 Å². The largest absolute Gasteiger partial charge is 0.478 e. The molecule has 2 N–H and O–H groups in total. The molecule has 202 valence electrons. The summed E-state index contributed by atoms with van der Waals surface area (Å²) in [6.45, 7) is 1.65. The molecule has 0 fully saturated rings. The molecule has 2 aromatic carbocycles. The van der Waals surface area contributed by atoms with E-state index in [-0.39, 0.29) is 36.6 Å². The molecular weight excluding hydrogens is 518 g/mol. The molecule has 1 atom stereocenters. The summed E-state index contributed by atoms with van der Waals surface area (Å²) in [4.78, 5) is 25.7. The number of amides is 1. The Morgan fingerprint density at radius 1 is 1.03 bits per heavy atom. The number of aromatic carboxylic acids is 1. The molecule has 13 heteroatoms. The van der Waals surface area contributed by atoms with Gasteiger partial charge in [0.05, 0.1) is 17.2 Å². The minimum atomic E-state index is -4.97. The van der Waals surface area contributed by atoms with Crippen molar-refractivity contribution in [3.05, 3.63) is 82.0 Å². The topological polar surface area (TPSA) is 87.5 Å². The monoisotopic (exact) mass is 540 g/mol. The molecule has 1 aliphatic rings. The lowest BCUT2D eigenvalue weighted by atomic mass is 10.0. The van der Waals surface area contributed by atoms with Crippen molar-refractivity contribution < 1.29 is 41.0 Å². The summed E-state index contributed by atoms with van der Waals surface area (Å²) >= 11 is 0. The number of halogens is 6. The maximum atomic E-state index is 14.0. The zero-order valence-corrected chi connectivity index (χ0v) is 19.9. The van der Waals surface area contributed by atoms with E-state index in [1.165, 1.54) is 48.2 Å². The lowest BCUT2D eigenvalue weighted by molar-refractivity contribution is -0.142. The zero-order valence-electron chi connectivity index (χ0n) is 19.9. The third-order valence-electron chi connectivity index (χ3n) is 6.15. The Hall–Kier alpha value is -4.03. The maximum absolute atomic E-state index is 14.0. The van der Waals surface area contributed by atoms with Gasteiger partial charge in [0.1, 0.15) is 11.4 Å². The van der Waals surface area contributed by atoms with Gasteiger partial charge in [-0.15, -0.1) is 0 Å². The average molecular weight is 540 g/mol. The van der Waals surface area contributed by atoms with Crippen molar-refractivity contribution in [2.75, 3.05) is 11.4 Å². The Morgan fingerprint density at radius 2 is 1.71 bits per heavy atom. The van der Waals surface area contributed by atoms with Crippen LogP contribution in [0.2, 0.25) is 0 Å². The number of aromatic nitrogens is 2. The van der Waals surface area contributed by atoms with Crippen molar-refractivity contribution in [3.8, 4) is 0 Å². The SMILES string of the molecule is CC(NC(=O)c1c(C(F)(F)F)nn2c1N(Cc1cccc(C(F)(F)F)c1)CCC2)c1ccc(C(=O)O)cc1. The molecule has 0 saturated carbocycles. The first-order valence-corrected chi connectivity index (χ1v) is 11.5. The van der Waals surface area contributed by atoms with Gasteiger partial charge >= 0.3 is 18.3 Å². The number of nitrogens with zero attached hydrogens (tertiary/aromatic N) is 3. The highest BCUT2D eigenvalue weighted by molar-refractivity contribution is 6.01. The Morgan fingerprint density at radius 3 is 2.32 bits per heavy atom. The highest BCUT2D eigenvalue weighted by Crippen LogP contribution is 2.39. The Balaban J connectivity index is 1.68. The second-order valence-corrected chi connectivity index (χ2v) is 8.86. The molecule has 1 aromatic heterocycles. The van der Waals surface area contributed by atoms with Crippen molar-refractivity contribution in [2.45, 2.75) is 44.8 Å². The Kier molecular flexibility index (Phi) is 7.13. The van der Waals surface area contributed by atoms with Gasteiger partial charge in [0.15, 0.2) is 5.69 Å². The van der Waals surface area contributed by atoms with Crippen LogP contribution in [0.15, 0.2) is 48.5 Å². The normalized spacial score (nSPS) is 14.7. The maximum Gasteiger partial charge on any atom is 0.436 e. The summed E-state index contributed by atoms with van der Waals surface area (Å²) in [6, 6.07) is 9.16. The highest BCUT2D eigenvalue weighted by Gasteiger charge is 2.43. The fourth-order valence-corrected chi connectivity index (χ4v) is 4.34. The second kappa shape index (κ2) is 10.0. The minimum Gasteiger partial charge on any atom is -0.478 e. The summed E-state index contributed by atoms with van der Waals surface area (Å²) in [6.07, 6.45) is -9.18. The van der Waals surface area contributed by atoms with Crippen LogP contribution < -0.4 is 10.2 Å². The highest BCUT2D eigenvalue weighted by atomic mass is 19.4. The van der Waals surface area contributed by atoms with Gasteiger partial charge in [0, 0.05) is 19.6 Å². The zero-order chi connectivity index (χ0) is 27.8. The predicted octanol–water partition coefficient (Wildman–Crippen LogP) is 5.52. The molecule has 0 radical (unpaired) electrons. The van der Waals surface area contributed by atoms with E-state index in [4.69, 9.17) is 5.11 Å². The fraction of sp³-hybridized carbons (Fsp3) is 0.320. The number of benzene rings is 2. The number of aryl methyl sites for hydroxylation is 1. The van der Waals surface area contributed by atoms with Crippen LogP contribution in [0.25, 0.3) is 0 Å². The van der Waals surface area contributed by atoms with E-state index in [9.17, 15) is 35.9 Å². The number of anilines is 1. The first-order valence-electron chi connectivity index (χ1n) is 11.5. The van der Waals surface area contributed by atoms with Crippen LogP contribution in [0.4, 0.5) is 32.2 Å². The number of alkyl halides is 6. The van der Waals surface area contributed by atoms with Gasteiger partial charge in [-0.2, -0.15) is 31.4 Å². The summed E-state index contributed by atoms with van der Waals surface area (Å²) in [7, 11) is 0. The summed E-state index contributed by atoms with van der Waals surface area (Å²) in [5.74, 6) is -2.35. The second-order valence-electron chi connectivity index (χ2n) is 8.86. The minimum absolute atomic E-state index is 0.00238. The Bertz CT molecular complexity index is 1350. The molecule has 1 unspecified atom stereocenters. The third-order valence-corrected chi connectivity index (χ3v) is 6.15. The van der Waals surface area contributed by atoms with E-state index in [0.717, 1.165) is 16.8 Å². The van der Waals surface area contributed by atoms with Crippen LogP contribution in [-0.2, 0) is 25.4 Å². The third kappa shape index (κ3) is 5.60. The lowest BCUT2D eigenvalue weighted by Gasteiger charge is -2.31. The number of carbonyl (C=O) groups is 2. The van der Waals surface area contributed by atoms with Gasteiger partial charge in [-0.25, -0.2) is 9.48 Å². The van der Waals surface area contributed by atoms with Gasteiger partial charge < -0.3 is 15.3 Å². The quantitative estimate of drug-likeness (QED) is 0.402. The number of carboxylic acids is 1. The van der Waals surface area contributed by atoms with Crippen molar-refractivity contribution in [3.63, 3.8) is 0 Å². The molecule has 4 rings (SSSR count). The van der Waals surface area contributed by atoms with Gasteiger partial charge in [0.25, 0.3) is 5.91 Å². The summed E-state index contributed by atoms with van der Waals surface area (Å²) in [5.41, 5.74) is -2.34. The molecular formula is C25H22F6N4O3. The van der Waals surface area contributed by atoms with Crippen molar-refractivity contribution in [1.29, 1.82) is 0 Å². The van der Waals surface area contributed by atoms with Crippen molar-refractivity contribution in [1.82, 2.24) is 15.1 Å². The number of hydrogen-bond donors (Lipinski definition) is 2. The molecule has 0 bridgehead atoms. The number of nitrogens with one attached hydrogen (secondary N) is 1. The van der Waals surface area contributed by atoms with E-state index in [2.05, 4.69) is 10.4 Å². The summed E-state index contributed by atoms with van der Waals surface area (Å²) < 4.78 is 82.5. The average Bonchev–Trinajstić information content (AvgIpc) is 3.25. The Labute approximate surface area is 212 Å². The molecule has 0 spiro atoms. The number of carbonyl (C=O) groups excluding carboxylic acids is 1. The van der Waals surface area contributed by atoms with Gasteiger partial charge in [0.2, 0.25) is 0 Å². The van der Waals surface area contributed by atoms with Crippen molar-refractivity contribution >= 4 is 17.7 Å². The standard InChI is InChI=1S/C25H22F6N4O3/c1-14(16-6-8-17(9-7-16)23(37)38)32-21(36)19-20(25(29,30)31)33-35-11-3-10-34(22(19)35)13-15-4-2-5-18(12-15)24(26,27)28/h2,4-9,12,14H,3,10-11,13H2,1H3,(H,32,36)(H,37,38). The van der Waals surface area contributed by atoms with E-state index >= 15 is 0 Å². The molecule has 0 aliphatic carbocycles. The van der Waals surface area contributed by atoms with Gasteiger partial charge in [-0.05, 0) is 48.7 Å². The van der Waals surface area contributed by atoms with Gasteiger partial charge in [-0.1, -0.05) is 24.3 Å². The summed E-state index contributed by atoms with van der Waals surface area (Å²) in [5, 5.41) is 15.2. The molecule has 7 nitrogen and oxygen atoms in total. The first-order chi connectivity index (χ1) is 17.8. The number of carboxylic acid groups (broad SMARTS) is 1. The van der Waals surface area contributed by atoms with E-state index in [1.54, 1.807) is 0 Å². The lowest BCUT2D eigenvalue weighted by Crippen LogP contribution is -2.35. The van der Waals surface area contributed by atoms with Crippen LogP contribution in [0.5, 0.6) is 0 Å². The van der Waals surface area contributed by atoms with Crippen LogP contribution in [0.1, 0.15) is 62.5 Å². The van der Waals surface area contributed by atoms with E-state index < -0.39 is 47.1 Å². The van der Waals surface area contributed by atoms with Crippen LogP contribution >= 0.6 is 0 Å². The molecule has 1 aliphatic heterocycles. The van der Waals surface area contributed by atoms with Crippen LogP contribution in [0, 0.1) is 0 Å². The van der Waals surface area contributed by atoms with Crippen LogP contribution in [0.3, 0.4) is 0 Å². The first kappa shape index (κ1) is 27.0. The van der Waals surface area contributed by atoms with E-state index in [0.29, 0.717) is 12.0 Å². The number of hydrogen-bond acceptors (Lipinski definition) is 4. The van der Waals surface area contributed by atoms with Gasteiger partial charge in [-0.3, -0.25) is 4.79 Å². The molecule has 2 heterocycles. The van der Waals surface area contributed by atoms with Crippen LogP contribution in [-0.4, -0.2) is 33.3 Å². The number of rotatable bonds is 6. The molecule has 1 amide bonds. The molecule has 0 saturated heterocycles. The fourth-order valence-electron chi connectivity index (χ4n) is 4.34. The molecule has 38 heavy (non-hydrogen) atoms. The number of fused-ring (bicyclic) bond motifs is 1. The molecule has 3 aromatic rings.